The number of nitrogens with two attached hydrogens (primary N) is 1. The van der Waals surface area contributed by atoms with Gasteiger partial charge in [0.15, 0.2) is 23.6 Å². The SMILES string of the molecule is Nc1ncnc2c1ncn2C1OC(COP(=O)(CP(=O)(O)OCc2ccccc2)OCc2ccccc2)C(O)C1O. The molecule has 1 fully saturated rings. The number of nitrogen functional groups attached to an aromatic ring is 1. The molecular formula is C25H29N5O9P2. The summed E-state index contributed by atoms with van der Waals surface area (Å²) in [6.45, 7) is -0.917. The average molecular weight is 605 g/mol. The summed E-state index contributed by atoms with van der Waals surface area (Å²) in [6, 6.07) is 17.5. The van der Waals surface area contributed by atoms with E-state index in [2.05, 4.69) is 15.0 Å². The first-order valence-corrected chi connectivity index (χ1v) is 16.0. The van der Waals surface area contributed by atoms with Crippen LogP contribution in [0, 0.1) is 0 Å². The first-order valence-electron chi connectivity index (χ1n) is 12.5. The van der Waals surface area contributed by atoms with Gasteiger partial charge in [-0.1, -0.05) is 60.7 Å². The number of imidazole rings is 1. The van der Waals surface area contributed by atoms with Crippen molar-refractivity contribution in [3.8, 4) is 0 Å². The Bertz CT molecular complexity index is 1560. The number of rotatable bonds is 12. The maximum atomic E-state index is 13.8. The summed E-state index contributed by atoms with van der Waals surface area (Å²) in [4.78, 5) is 22.7. The van der Waals surface area contributed by atoms with Crippen LogP contribution in [0.25, 0.3) is 11.2 Å². The molecule has 14 nitrogen and oxygen atoms in total. The van der Waals surface area contributed by atoms with Crippen LogP contribution in [0.15, 0.2) is 73.3 Å². The summed E-state index contributed by atoms with van der Waals surface area (Å²) in [5.74, 6) is -0.822. The van der Waals surface area contributed by atoms with Crippen molar-refractivity contribution in [3.63, 3.8) is 0 Å². The van der Waals surface area contributed by atoms with Crippen LogP contribution in [0.5, 0.6) is 0 Å². The van der Waals surface area contributed by atoms with Gasteiger partial charge in [0.1, 0.15) is 30.2 Å². The Balaban J connectivity index is 1.29. The van der Waals surface area contributed by atoms with E-state index in [1.807, 2.05) is 0 Å². The molecule has 41 heavy (non-hydrogen) atoms. The van der Waals surface area contributed by atoms with Crippen molar-refractivity contribution < 1.29 is 42.5 Å². The summed E-state index contributed by atoms with van der Waals surface area (Å²) in [6.07, 6.45) is -2.69. The second kappa shape index (κ2) is 12.5. The largest absolute Gasteiger partial charge is 0.387 e. The monoisotopic (exact) mass is 605 g/mol. The van der Waals surface area contributed by atoms with Gasteiger partial charge < -0.3 is 39.1 Å². The Kier molecular flexibility index (Phi) is 8.95. The van der Waals surface area contributed by atoms with Crippen LogP contribution >= 0.6 is 15.2 Å². The van der Waals surface area contributed by atoms with Gasteiger partial charge in [-0.15, -0.1) is 0 Å². The van der Waals surface area contributed by atoms with Crippen LogP contribution in [-0.4, -0.2) is 65.4 Å². The zero-order valence-electron chi connectivity index (χ0n) is 21.6. The third-order valence-electron chi connectivity index (χ3n) is 6.33. The highest BCUT2D eigenvalue weighted by Gasteiger charge is 2.46. The molecule has 5 N–H and O–H groups in total. The summed E-state index contributed by atoms with van der Waals surface area (Å²) in [5.41, 5.74) is 7.67. The second-order valence-corrected chi connectivity index (χ2v) is 13.7. The number of fused-ring (bicyclic) bond motifs is 1. The van der Waals surface area contributed by atoms with E-state index in [0.29, 0.717) is 11.1 Å². The Labute approximate surface area is 234 Å². The average Bonchev–Trinajstić information content (AvgIpc) is 3.52. The van der Waals surface area contributed by atoms with Crippen LogP contribution in [0.1, 0.15) is 17.4 Å². The molecular weight excluding hydrogens is 576 g/mol. The lowest BCUT2D eigenvalue weighted by atomic mass is 10.1. The van der Waals surface area contributed by atoms with Crippen LogP contribution < -0.4 is 5.73 Å². The van der Waals surface area contributed by atoms with Crippen molar-refractivity contribution in [1.29, 1.82) is 0 Å². The van der Waals surface area contributed by atoms with Crippen LogP contribution in [0.4, 0.5) is 5.82 Å². The van der Waals surface area contributed by atoms with Gasteiger partial charge in [-0.25, -0.2) is 15.0 Å². The molecule has 0 saturated carbocycles. The first kappa shape index (κ1) is 29.5. The topological polar surface area (TPSA) is 201 Å². The molecule has 4 aromatic rings. The molecule has 0 aliphatic carbocycles. The summed E-state index contributed by atoms with van der Waals surface area (Å²) in [5, 5.41) is 21.4. The number of hydrogen-bond donors (Lipinski definition) is 4. The summed E-state index contributed by atoms with van der Waals surface area (Å²) >= 11 is 0. The third kappa shape index (κ3) is 7.07. The molecule has 218 valence electrons. The molecule has 5 rings (SSSR count). The van der Waals surface area contributed by atoms with Gasteiger partial charge in [-0.2, -0.15) is 0 Å². The van der Waals surface area contributed by atoms with Gasteiger partial charge in [0, 0.05) is 0 Å². The zero-order chi connectivity index (χ0) is 29.0. The highest BCUT2D eigenvalue weighted by molar-refractivity contribution is 7.70. The molecule has 0 bridgehead atoms. The van der Waals surface area contributed by atoms with Gasteiger partial charge >= 0.3 is 15.2 Å². The minimum atomic E-state index is -4.48. The molecule has 2 aromatic carbocycles. The summed E-state index contributed by atoms with van der Waals surface area (Å²) in [7, 11) is -8.80. The van der Waals surface area contributed by atoms with Crippen molar-refractivity contribution >= 4 is 32.2 Å². The van der Waals surface area contributed by atoms with E-state index < -0.39 is 52.2 Å². The van der Waals surface area contributed by atoms with Gasteiger partial charge in [-0.3, -0.25) is 13.7 Å². The molecule has 1 aliphatic heterocycles. The smallest absolute Gasteiger partial charge is 0.343 e. The van der Waals surface area contributed by atoms with Crippen molar-refractivity contribution in [3.05, 3.63) is 84.4 Å². The predicted molar refractivity (Wildman–Crippen MR) is 146 cm³/mol. The minimum absolute atomic E-state index is 0.126. The first-order chi connectivity index (χ1) is 19.6. The zero-order valence-corrected chi connectivity index (χ0v) is 23.4. The van der Waals surface area contributed by atoms with E-state index in [4.69, 9.17) is 24.0 Å². The molecule has 6 unspecified atom stereocenters. The minimum Gasteiger partial charge on any atom is -0.387 e. The lowest BCUT2D eigenvalue weighted by Crippen LogP contribution is -2.33. The number of ether oxygens (including phenoxy) is 1. The van der Waals surface area contributed by atoms with Crippen molar-refractivity contribution in [1.82, 2.24) is 19.5 Å². The Morgan fingerprint density at radius 3 is 2.17 bits per heavy atom. The number of benzene rings is 2. The Hall–Kier alpha value is -3.03. The van der Waals surface area contributed by atoms with Gasteiger partial charge in [0.25, 0.3) is 0 Å². The quantitative estimate of drug-likeness (QED) is 0.172. The second-order valence-electron chi connectivity index (χ2n) is 9.33. The predicted octanol–water partition coefficient (Wildman–Crippen LogP) is 2.81. The molecule has 2 aromatic heterocycles. The Morgan fingerprint density at radius 2 is 1.51 bits per heavy atom. The maximum absolute atomic E-state index is 13.8. The highest BCUT2D eigenvalue weighted by atomic mass is 31.2. The molecule has 0 spiro atoms. The molecule has 1 aliphatic rings. The van der Waals surface area contributed by atoms with E-state index in [1.54, 1.807) is 60.7 Å². The van der Waals surface area contributed by atoms with Gasteiger partial charge in [0.05, 0.1) is 26.1 Å². The lowest BCUT2D eigenvalue weighted by Gasteiger charge is -2.23. The van der Waals surface area contributed by atoms with E-state index in [9.17, 15) is 24.2 Å². The van der Waals surface area contributed by atoms with Gasteiger partial charge in [-0.05, 0) is 11.1 Å². The number of aliphatic hydroxyl groups excluding tert-OH is 2. The molecule has 0 radical (unpaired) electrons. The van der Waals surface area contributed by atoms with E-state index in [-0.39, 0.29) is 30.2 Å². The fourth-order valence-electron chi connectivity index (χ4n) is 4.22. The van der Waals surface area contributed by atoms with E-state index >= 15 is 0 Å². The number of aliphatic hydroxyl groups is 2. The maximum Gasteiger partial charge on any atom is 0.343 e. The lowest BCUT2D eigenvalue weighted by molar-refractivity contribution is -0.0491. The van der Waals surface area contributed by atoms with Crippen molar-refractivity contribution in [2.75, 3.05) is 18.2 Å². The summed E-state index contributed by atoms with van der Waals surface area (Å²) < 4.78 is 50.3. The molecule has 3 heterocycles. The fraction of sp³-hybridized carbons (Fsp3) is 0.320. The van der Waals surface area contributed by atoms with Crippen LogP contribution in [0.2, 0.25) is 0 Å². The molecule has 6 atom stereocenters. The van der Waals surface area contributed by atoms with Crippen LogP contribution in [-0.2, 0) is 40.7 Å². The number of anilines is 1. The normalized spacial score (nSPS) is 23.8. The molecule has 0 amide bonds. The van der Waals surface area contributed by atoms with Crippen molar-refractivity contribution in [2.45, 2.75) is 37.8 Å². The molecule has 16 heteroatoms. The van der Waals surface area contributed by atoms with Crippen LogP contribution in [0.3, 0.4) is 0 Å². The van der Waals surface area contributed by atoms with E-state index in [1.165, 1.54) is 17.2 Å². The number of aromatic nitrogens is 4. The number of hydrogen-bond acceptors (Lipinski definition) is 12. The fourth-order valence-corrected chi connectivity index (χ4v) is 8.09. The Morgan fingerprint density at radius 1 is 0.878 bits per heavy atom. The highest BCUT2D eigenvalue weighted by Crippen LogP contribution is 2.62. The van der Waals surface area contributed by atoms with Crippen molar-refractivity contribution in [2.24, 2.45) is 0 Å². The third-order valence-corrected chi connectivity index (χ3v) is 10.7. The molecule has 1 saturated heterocycles. The number of nitrogens with zero attached hydrogens (tertiary/aromatic N) is 4. The van der Waals surface area contributed by atoms with E-state index in [0.717, 1.165) is 0 Å². The van der Waals surface area contributed by atoms with Gasteiger partial charge in [0.2, 0.25) is 0 Å². The standard InChI is InChI=1S/C25H29N5O9P2/c26-23-20-24(28-14-27-23)30(15-29-20)25-22(32)21(31)19(39-25)13-38-41(35,37-12-18-9-5-2-6-10-18)16-40(33,34)36-11-17-7-3-1-4-8-17/h1-10,14-15,19,21-22,25,31-32H,11-13,16H2,(H,33,34)(H2,26,27,28).